The topological polar surface area (TPSA) is 26.7 Å². The van der Waals surface area contributed by atoms with E-state index >= 15 is 0 Å². The zero-order valence-corrected chi connectivity index (χ0v) is 10.6. The molecule has 90 valence electrons. The predicted molar refractivity (Wildman–Crippen MR) is 64.0 cm³/mol. The van der Waals surface area contributed by atoms with E-state index in [9.17, 15) is 0 Å². The van der Waals surface area contributed by atoms with E-state index in [1.165, 1.54) is 13.0 Å². The summed E-state index contributed by atoms with van der Waals surface area (Å²) in [5.41, 5.74) is 0. The molecule has 2 unspecified atom stereocenters. The van der Waals surface area contributed by atoms with E-state index in [1.54, 1.807) is 0 Å². The highest BCUT2D eigenvalue weighted by Crippen LogP contribution is 2.17. The van der Waals surface area contributed by atoms with Crippen molar-refractivity contribution < 1.29 is 5.11 Å². The summed E-state index contributed by atoms with van der Waals surface area (Å²) >= 11 is 0. The lowest BCUT2D eigenvalue weighted by atomic mass is 10.1. The Kier molecular flexibility index (Phi) is 5.03. The van der Waals surface area contributed by atoms with Gasteiger partial charge in [0.05, 0.1) is 0 Å². The van der Waals surface area contributed by atoms with Crippen molar-refractivity contribution in [2.45, 2.75) is 51.7 Å². The summed E-state index contributed by atoms with van der Waals surface area (Å²) in [6.07, 6.45) is 2.13. The van der Waals surface area contributed by atoms with Gasteiger partial charge in [-0.2, -0.15) is 0 Å². The van der Waals surface area contributed by atoms with Crippen molar-refractivity contribution in [3.63, 3.8) is 0 Å². The molecule has 1 saturated heterocycles. The van der Waals surface area contributed by atoms with Crippen molar-refractivity contribution in [2.75, 3.05) is 26.7 Å². The molecule has 0 amide bonds. The van der Waals surface area contributed by atoms with Crippen LogP contribution in [0.4, 0.5) is 0 Å². The zero-order chi connectivity index (χ0) is 11.4. The first kappa shape index (κ1) is 12.9. The molecule has 3 heteroatoms. The molecule has 1 rings (SSSR count). The molecule has 0 aliphatic carbocycles. The molecule has 0 bridgehead atoms. The van der Waals surface area contributed by atoms with Crippen molar-refractivity contribution in [3.8, 4) is 0 Å². The molecule has 0 spiro atoms. The third-order valence-corrected chi connectivity index (χ3v) is 3.74. The van der Waals surface area contributed by atoms with E-state index in [0.29, 0.717) is 24.7 Å². The van der Waals surface area contributed by atoms with Crippen molar-refractivity contribution in [2.24, 2.45) is 0 Å². The van der Waals surface area contributed by atoms with Gasteiger partial charge in [0.2, 0.25) is 0 Å². The molecule has 0 aromatic rings. The summed E-state index contributed by atoms with van der Waals surface area (Å²) in [6.45, 7) is 9.38. The van der Waals surface area contributed by atoms with E-state index in [0.717, 1.165) is 13.0 Å². The largest absolute Gasteiger partial charge is 0.396 e. The molecule has 1 aliphatic rings. The van der Waals surface area contributed by atoms with Crippen LogP contribution in [-0.2, 0) is 0 Å². The number of aliphatic hydroxyl groups excluding tert-OH is 1. The van der Waals surface area contributed by atoms with Crippen LogP contribution in [0.5, 0.6) is 0 Å². The molecule has 1 fully saturated rings. The van der Waals surface area contributed by atoms with Crippen LogP contribution in [0.25, 0.3) is 0 Å². The van der Waals surface area contributed by atoms with Crippen molar-refractivity contribution in [3.05, 3.63) is 0 Å². The van der Waals surface area contributed by atoms with Gasteiger partial charge < -0.3 is 5.11 Å². The minimum absolute atomic E-state index is 0.299. The third kappa shape index (κ3) is 3.44. The number of hydrogen-bond acceptors (Lipinski definition) is 3. The average molecular weight is 214 g/mol. The first-order chi connectivity index (χ1) is 7.06. The van der Waals surface area contributed by atoms with Crippen LogP contribution >= 0.6 is 0 Å². The van der Waals surface area contributed by atoms with Gasteiger partial charge >= 0.3 is 0 Å². The molecule has 1 heterocycles. The standard InChI is InChI=1S/C12H26N2O/c1-10(2)14-7-5-11(3)13(4)12(9-14)6-8-15/h10-12,15H,5-9H2,1-4H3. The fourth-order valence-corrected chi connectivity index (χ4v) is 2.32. The maximum atomic E-state index is 9.09. The third-order valence-electron chi connectivity index (χ3n) is 3.74. The number of hydrogen-bond donors (Lipinski definition) is 1. The fourth-order valence-electron chi connectivity index (χ4n) is 2.32. The summed E-state index contributed by atoms with van der Waals surface area (Å²) in [7, 11) is 2.19. The van der Waals surface area contributed by atoms with E-state index < -0.39 is 0 Å². The predicted octanol–water partition coefficient (Wildman–Crippen LogP) is 1.17. The van der Waals surface area contributed by atoms with Gasteiger partial charge in [-0.05, 0) is 47.2 Å². The first-order valence-corrected chi connectivity index (χ1v) is 6.13. The minimum Gasteiger partial charge on any atom is -0.396 e. The lowest BCUT2D eigenvalue weighted by Crippen LogP contribution is -2.43. The average Bonchev–Trinajstić information content (AvgIpc) is 2.32. The Morgan fingerprint density at radius 3 is 2.60 bits per heavy atom. The highest BCUT2D eigenvalue weighted by molar-refractivity contribution is 4.83. The Bertz CT molecular complexity index is 184. The van der Waals surface area contributed by atoms with Crippen LogP contribution in [0.1, 0.15) is 33.6 Å². The second-order valence-electron chi connectivity index (χ2n) is 5.06. The van der Waals surface area contributed by atoms with Crippen molar-refractivity contribution in [1.82, 2.24) is 9.80 Å². The van der Waals surface area contributed by atoms with Gasteiger partial charge in [-0.15, -0.1) is 0 Å². The minimum atomic E-state index is 0.299. The van der Waals surface area contributed by atoms with Gasteiger partial charge in [0.1, 0.15) is 0 Å². The Labute approximate surface area is 94.1 Å². The molecular formula is C12H26N2O. The Hall–Kier alpha value is -0.120. The molecule has 0 saturated carbocycles. The molecule has 3 nitrogen and oxygen atoms in total. The second kappa shape index (κ2) is 5.83. The summed E-state index contributed by atoms with van der Waals surface area (Å²) in [4.78, 5) is 4.96. The highest BCUT2D eigenvalue weighted by atomic mass is 16.3. The highest BCUT2D eigenvalue weighted by Gasteiger charge is 2.27. The number of rotatable bonds is 3. The Morgan fingerprint density at radius 1 is 1.40 bits per heavy atom. The quantitative estimate of drug-likeness (QED) is 0.764. The zero-order valence-electron chi connectivity index (χ0n) is 10.6. The first-order valence-electron chi connectivity index (χ1n) is 6.13. The fraction of sp³-hybridized carbons (Fsp3) is 1.00. The second-order valence-corrected chi connectivity index (χ2v) is 5.06. The summed E-state index contributed by atoms with van der Waals surface area (Å²) in [5, 5.41) is 9.09. The molecule has 1 aliphatic heterocycles. The lowest BCUT2D eigenvalue weighted by Gasteiger charge is -2.32. The van der Waals surface area contributed by atoms with Crippen molar-refractivity contribution >= 4 is 0 Å². The Balaban J connectivity index is 2.64. The van der Waals surface area contributed by atoms with Crippen LogP contribution in [0.2, 0.25) is 0 Å². The van der Waals surface area contributed by atoms with E-state index in [4.69, 9.17) is 5.11 Å². The SMILES string of the molecule is CC(C)N1CCC(C)N(C)C(CCO)C1. The van der Waals surface area contributed by atoms with Gasteiger partial charge in [0.25, 0.3) is 0 Å². The molecule has 0 aromatic heterocycles. The van der Waals surface area contributed by atoms with Crippen LogP contribution in [0.15, 0.2) is 0 Å². The van der Waals surface area contributed by atoms with Gasteiger partial charge in [-0.1, -0.05) is 0 Å². The van der Waals surface area contributed by atoms with Crippen LogP contribution < -0.4 is 0 Å². The van der Waals surface area contributed by atoms with Gasteiger partial charge in [-0.3, -0.25) is 9.80 Å². The number of likely N-dealkylation sites (N-methyl/N-ethyl adjacent to an activating group) is 1. The Morgan fingerprint density at radius 2 is 2.07 bits per heavy atom. The summed E-state index contributed by atoms with van der Waals surface area (Å²) in [5.74, 6) is 0. The summed E-state index contributed by atoms with van der Waals surface area (Å²) in [6, 6.07) is 1.75. The van der Waals surface area contributed by atoms with Crippen LogP contribution in [-0.4, -0.2) is 59.8 Å². The normalized spacial score (nSPS) is 30.8. The van der Waals surface area contributed by atoms with Gasteiger partial charge in [-0.25, -0.2) is 0 Å². The number of nitrogens with zero attached hydrogens (tertiary/aromatic N) is 2. The van der Waals surface area contributed by atoms with E-state index in [2.05, 4.69) is 37.6 Å². The molecule has 0 aromatic carbocycles. The van der Waals surface area contributed by atoms with E-state index in [-0.39, 0.29) is 0 Å². The summed E-state index contributed by atoms with van der Waals surface area (Å²) < 4.78 is 0. The van der Waals surface area contributed by atoms with Gasteiger partial charge in [0.15, 0.2) is 0 Å². The maximum absolute atomic E-state index is 9.09. The lowest BCUT2D eigenvalue weighted by molar-refractivity contribution is 0.132. The maximum Gasteiger partial charge on any atom is 0.0446 e. The molecule has 0 radical (unpaired) electrons. The van der Waals surface area contributed by atoms with Crippen LogP contribution in [0.3, 0.4) is 0 Å². The molecule has 1 N–H and O–H groups in total. The smallest absolute Gasteiger partial charge is 0.0446 e. The monoisotopic (exact) mass is 214 g/mol. The molecular weight excluding hydrogens is 188 g/mol. The van der Waals surface area contributed by atoms with E-state index in [1.807, 2.05) is 0 Å². The van der Waals surface area contributed by atoms with Crippen LogP contribution in [0, 0.1) is 0 Å². The van der Waals surface area contributed by atoms with Gasteiger partial charge in [0, 0.05) is 31.3 Å². The number of aliphatic hydroxyl groups is 1. The van der Waals surface area contributed by atoms with Crippen molar-refractivity contribution in [1.29, 1.82) is 0 Å². The molecule has 15 heavy (non-hydrogen) atoms. The molecule has 2 atom stereocenters.